The molecule has 4 rings (SSSR count). The van der Waals surface area contributed by atoms with Gasteiger partial charge in [0.25, 0.3) is 0 Å². The highest BCUT2D eigenvalue weighted by Crippen LogP contribution is 2.34. The van der Waals surface area contributed by atoms with E-state index in [0.29, 0.717) is 13.2 Å². The van der Waals surface area contributed by atoms with Crippen LogP contribution < -0.4 is 28.4 Å². The van der Waals surface area contributed by atoms with Crippen LogP contribution in [-0.2, 0) is 25.7 Å². The third-order valence-electron chi connectivity index (χ3n) is 6.10. The van der Waals surface area contributed by atoms with Crippen molar-refractivity contribution in [3.8, 4) is 34.5 Å². The van der Waals surface area contributed by atoms with Crippen LogP contribution in [0, 0.1) is 0 Å². The van der Waals surface area contributed by atoms with Crippen LogP contribution in [0.5, 0.6) is 34.5 Å². The maximum atomic E-state index is 5.73. The molecule has 0 aliphatic carbocycles. The quantitative estimate of drug-likeness (QED) is 0.418. The molecule has 1 aliphatic rings. The zero-order chi connectivity index (χ0) is 23.9. The molecule has 1 aliphatic heterocycles. The van der Waals surface area contributed by atoms with Gasteiger partial charge in [-0.2, -0.15) is 0 Å². The zero-order valence-electron chi connectivity index (χ0n) is 20.3. The number of hydrogen-bond donors (Lipinski definition) is 0. The van der Waals surface area contributed by atoms with E-state index in [1.807, 2.05) is 24.3 Å². The van der Waals surface area contributed by atoms with E-state index in [2.05, 4.69) is 24.3 Å². The predicted molar refractivity (Wildman–Crippen MR) is 131 cm³/mol. The van der Waals surface area contributed by atoms with Crippen molar-refractivity contribution < 1.29 is 28.4 Å². The molecule has 6 heteroatoms. The predicted octanol–water partition coefficient (Wildman–Crippen LogP) is 5.06. The standard InChI is InChI=1S/C28H32O6/c1-29-23-11-7-19(15-27(23)32-4)5-9-21-17-22(26(31-3)18-25(21)30-2)10-6-20-8-12-24-28(16-20)34-14-13-33-24/h7-8,11-12,15-18H,5-6,9-10,13-14H2,1-4H3. The van der Waals surface area contributed by atoms with Crippen molar-refractivity contribution in [1.82, 2.24) is 0 Å². The molecule has 0 saturated carbocycles. The first kappa shape index (κ1) is 23.6. The van der Waals surface area contributed by atoms with Crippen LogP contribution in [0.25, 0.3) is 0 Å². The van der Waals surface area contributed by atoms with Crippen LogP contribution in [-0.4, -0.2) is 41.7 Å². The average Bonchev–Trinajstić information content (AvgIpc) is 2.90. The molecular formula is C28H32O6. The highest BCUT2D eigenvalue weighted by molar-refractivity contribution is 5.49. The third kappa shape index (κ3) is 5.33. The molecule has 0 bridgehead atoms. The van der Waals surface area contributed by atoms with Gasteiger partial charge in [-0.05, 0) is 78.3 Å². The first-order valence-electron chi connectivity index (χ1n) is 11.5. The summed E-state index contributed by atoms with van der Waals surface area (Å²) in [5.74, 6) is 4.77. The molecule has 34 heavy (non-hydrogen) atoms. The first-order chi connectivity index (χ1) is 16.6. The van der Waals surface area contributed by atoms with E-state index in [0.717, 1.165) is 71.3 Å². The molecular weight excluding hydrogens is 432 g/mol. The molecule has 3 aromatic rings. The molecule has 0 radical (unpaired) electrons. The summed E-state index contributed by atoms with van der Waals surface area (Å²) in [7, 11) is 6.70. The summed E-state index contributed by atoms with van der Waals surface area (Å²) in [6.45, 7) is 1.19. The Kier molecular flexibility index (Phi) is 7.68. The van der Waals surface area contributed by atoms with Crippen molar-refractivity contribution in [2.24, 2.45) is 0 Å². The van der Waals surface area contributed by atoms with Gasteiger partial charge in [0.1, 0.15) is 24.7 Å². The van der Waals surface area contributed by atoms with Gasteiger partial charge in [0, 0.05) is 6.07 Å². The minimum Gasteiger partial charge on any atom is -0.496 e. The lowest BCUT2D eigenvalue weighted by Crippen LogP contribution is -2.15. The molecule has 0 spiro atoms. The first-order valence-corrected chi connectivity index (χ1v) is 11.5. The Morgan fingerprint density at radius 3 is 1.71 bits per heavy atom. The van der Waals surface area contributed by atoms with Gasteiger partial charge in [-0.15, -0.1) is 0 Å². The maximum absolute atomic E-state index is 5.73. The number of hydrogen-bond acceptors (Lipinski definition) is 6. The molecule has 1 heterocycles. The number of methoxy groups -OCH3 is 4. The number of benzene rings is 3. The van der Waals surface area contributed by atoms with E-state index >= 15 is 0 Å². The van der Waals surface area contributed by atoms with Crippen LogP contribution in [0.3, 0.4) is 0 Å². The molecule has 0 aromatic heterocycles. The lowest BCUT2D eigenvalue weighted by atomic mass is 9.97. The second-order valence-corrected chi connectivity index (χ2v) is 8.14. The second-order valence-electron chi connectivity index (χ2n) is 8.14. The number of aryl methyl sites for hydroxylation is 4. The van der Waals surface area contributed by atoms with E-state index in [-0.39, 0.29) is 0 Å². The van der Waals surface area contributed by atoms with E-state index < -0.39 is 0 Å². The largest absolute Gasteiger partial charge is 0.496 e. The molecule has 180 valence electrons. The van der Waals surface area contributed by atoms with Crippen molar-refractivity contribution in [2.75, 3.05) is 41.7 Å². The van der Waals surface area contributed by atoms with Crippen molar-refractivity contribution in [3.63, 3.8) is 0 Å². The fourth-order valence-corrected chi connectivity index (χ4v) is 4.27. The fourth-order valence-electron chi connectivity index (χ4n) is 4.27. The van der Waals surface area contributed by atoms with Crippen LogP contribution >= 0.6 is 0 Å². The van der Waals surface area contributed by atoms with Gasteiger partial charge in [0.15, 0.2) is 23.0 Å². The van der Waals surface area contributed by atoms with E-state index in [4.69, 9.17) is 28.4 Å². The molecule has 0 amide bonds. The summed E-state index contributed by atoms with van der Waals surface area (Å²) in [5.41, 5.74) is 4.68. The van der Waals surface area contributed by atoms with Crippen LogP contribution in [0.1, 0.15) is 22.3 Å². The Labute approximate surface area is 201 Å². The number of ether oxygens (including phenoxy) is 6. The van der Waals surface area contributed by atoms with Crippen LogP contribution in [0.4, 0.5) is 0 Å². The van der Waals surface area contributed by atoms with Crippen molar-refractivity contribution >= 4 is 0 Å². The van der Waals surface area contributed by atoms with E-state index in [1.54, 1.807) is 28.4 Å². The smallest absolute Gasteiger partial charge is 0.161 e. The highest BCUT2D eigenvalue weighted by Gasteiger charge is 2.15. The van der Waals surface area contributed by atoms with Crippen LogP contribution in [0.15, 0.2) is 48.5 Å². The van der Waals surface area contributed by atoms with Gasteiger partial charge in [-0.1, -0.05) is 12.1 Å². The lowest BCUT2D eigenvalue weighted by Gasteiger charge is -2.19. The fraction of sp³-hybridized carbons (Fsp3) is 0.357. The van der Waals surface area contributed by atoms with Gasteiger partial charge in [-0.3, -0.25) is 0 Å². The molecule has 0 fully saturated rings. The monoisotopic (exact) mass is 464 g/mol. The minimum atomic E-state index is 0.589. The van der Waals surface area contributed by atoms with Gasteiger partial charge in [0.05, 0.1) is 28.4 Å². The summed E-state index contributed by atoms with van der Waals surface area (Å²) in [6, 6.07) is 16.4. The Balaban J connectivity index is 1.51. The van der Waals surface area contributed by atoms with E-state index in [9.17, 15) is 0 Å². The number of rotatable bonds is 10. The topological polar surface area (TPSA) is 55.4 Å². The Hall–Kier alpha value is -3.54. The Bertz CT molecular complexity index is 1060. The molecule has 0 atom stereocenters. The van der Waals surface area contributed by atoms with Crippen molar-refractivity contribution in [3.05, 3.63) is 70.8 Å². The summed E-state index contributed by atoms with van der Waals surface area (Å²) in [5, 5.41) is 0. The van der Waals surface area contributed by atoms with Crippen molar-refractivity contribution in [2.45, 2.75) is 25.7 Å². The van der Waals surface area contributed by atoms with Crippen LogP contribution in [0.2, 0.25) is 0 Å². The van der Waals surface area contributed by atoms with E-state index in [1.165, 1.54) is 11.1 Å². The molecule has 0 saturated heterocycles. The second kappa shape index (κ2) is 11.1. The Morgan fingerprint density at radius 1 is 0.529 bits per heavy atom. The Morgan fingerprint density at radius 2 is 1.09 bits per heavy atom. The van der Waals surface area contributed by atoms with Crippen molar-refractivity contribution in [1.29, 1.82) is 0 Å². The van der Waals surface area contributed by atoms with Gasteiger partial charge >= 0.3 is 0 Å². The highest BCUT2D eigenvalue weighted by atomic mass is 16.6. The zero-order valence-corrected chi connectivity index (χ0v) is 20.3. The summed E-state index contributed by atoms with van der Waals surface area (Å²) < 4.78 is 33.5. The van der Waals surface area contributed by atoms with Gasteiger partial charge < -0.3 is 28.4 Å². The molecule has 0 N–H and O–H groups in total. The SMILES string of the molecule is COc1cc(OC)c(CCc2ccc3c(c2)OCCO3)cc1CCc1ccc(OC)c(OC)c1. The normalized spacial score (nSPS) is 12.2. The minimum absolute atomic E-state index is 0.589. The van der Waals surface area contributed by atoms with Gasteiger partial charge in [-0.25, -0.2) is 0 Å². The average molecular weight is 465 g/mol. The van der Waals surface area contributed by atoms with Gasteiger partial charge in [0.2, 0.25) is 0 Å². The molecule has 0 unspecified atom stereocenters. The molecule has 3 aromatic carbocycles. The lowest BCUT2D eigenvalue weighted by molar-refractivity contribution is 0.171. The number of fused-ring (bicyclic) bond motifs is 1. The summed E-state index contributed by atoms with van der Waals surface area (Å²) in [6.07, 6.45) is 3.40. The third-order valence-corrected chi connectivity index (χ3v) is 6.10. The summed E-state index contributed by atoms with van der Waals surface area (Å²) >= 11 is 0. The maximum Gasteiger partial charge on any atom is 0.161 e. The summed E-state index contributed by atoms with van der Waals surface area (Å²) in [4.78, 5) is 0. The molecule has 6 nitrogen and oxygen atoms in total.